The number of hydrogen-bond donors (Lipinski definition) is 0. The molecular weight excluding hydrogens is 234 g/mol. The Morgan fingerprint density at radius 1 is 1.46 bits per heavy atom. The first kappa shape index (κ1) is 5.54. The fourth-order valence-electron chi connectivity index (χ4n) is 1.21. The number of carbonyl (C=O) groups excluding carboxylic acids is 2. The molecule has 66 valence electrons. The molecule has 0 N–H and O–H groups in total. The third-order valence-corrected chi connectivity index (χ3v) is 2.33. The second-order valence-electron chi connectivity index (χ2n) is 2.63. The van der Waals surface area contributed by atoms with Crippen molar-refractivity contribution in [2.24, 2.45) is 0 Å². The van der Waals surface area contributed by atoms with E-state index in [0.717, 1.165) is 0 Å². The van der Waals surface area contributed by atoms with Crippen LogP contribution in [0.4, 0.5) is 5.69 Å². The van der Waals surface area contributed by atoms with Crippen molar-refractivity contribution in [1.82, 2.24) is 0 Å². The summed E-state index contributed by atoms with van der Waals surface area (Å²) in [5, 5.41) is 0. The average molecular weight is 243 g/mol. The number of carbonyl (C=O) groups is 2. The lowest BCUT2D eigenvalue weighted by Gasteiger charge is -2.07. The molecule has 1 heterocycles. The zero-order valence-corrected chi connectivity index (χ0v) is 7.96. The van der Waals surface area contributed by atoms with Gasteiger partial charge in [0, 0.05) is 15.6 Å². The maximum absolute atomic E-state index is 11.5. The first-order valence-electron chi connectivity index (χ1n) is 5.01. The Kier molecular flexibility index (Phi) is 1.14. The SMILES string of the molecule is [2H]C([2H])([2H])N1C(=O)C(=O)c2cc(Br)ccc21. The standard InChI is InChI=1S/C9H6BrNO2/c1-11-7-3-2-5(10)4-6(7)8(12)9(11)13/h2-4H,1H3/i1D3. The van der Waals surface area contributed by atoms with Gasteiger partial charge in [-0.25, -0.2) is 0 Å². The average Bonchev–Trinajstić information content (AvgIpc) is 2.40. The van der Waals surface area contributed by atoms with E-state index in [0.29, 0.717) is 9.37 Å². The first-order valence-corrected chi connectivity index (χ1v) is 4.30. The minimum atomic E-state index is -2.63. The van der Waals surface area contributed by atoms with Crippen LogP contribution >= 0.6 is 15.9 Å². The summed E-state index contributed by atoms with van der Waals surface area (Å²) in [5.41, 5.74) is 0.258. The van der Waals surface area contributed by atoms with E-state index in [-0.39, 0.29) is 11.3 Å². The Labute approximate surface area is 87.7 Å². The van der Waals surface area contributed by atoms with Crippen molar-refractivity contribution in [3.63, 3.8) is 0 Å². The zero-order valence-electron chi connectivity index (χ0n) is 9.37. The van der Waals surface area contributed by atoms with Crippen LogP contribution in [0.2, 0.25) is 0 Å². The van der Waals surface area contributed by atoms with E-state index in [4.69, 9.17) is 4.11 Å². The fourth-order valence-corrected chi connectivity index (χ4v) is 1.57. The Hall–Kier alpha value is -1.16. The summed E-state index contributed by atoms with van der Waals surface area (Å²) in [6.45, 7) is -2.63. The fraction of sp³-hybridized carbons (Fsp3) is 0.111. The number of likely N-dealkylation sites (N-methyl/N-ethyl adjacent to an activating group) is 1. The lowest BCUT2D eigenvalue weighted by Crippen LogP contribution is -2.24. The summed E-state index contributed by atoms with van der Waals surface area (Å²) in [6.07, 6.45) is 0. The van der Waals surface area contributed by atoms with Crippen LogP contribution in [0, 0.1) is 0 Å². The number of rotatable bonds is 0. The molecule has 0 bridgehead atoms. The second-order valence-corrected chi connectivity index (χ2v) is 3.55. The van der Waals surface area contributed by atoms with Crippen LogP contribution in [0.25, 0.3) is 0 Å². The van der Waals surface area contributed by atoms with Gasteiger partial charge in [-0.1, -0.05) is 15.9 Å². The molecule has 0 aliphatic carbocycles. The lowest BCUT2D eigenvalue weighted by atomic mass is 10.1. The predicted octanol–water partition coefficient (Wildman–Crippen LogP) is 1.61. The number of hydrogen-bond acceptors (Lipinski definition) is 2. The molecular formula is C9H6BrNO2. The largest absolute Gasteiger partial charge is 0.308 e. The van der Waals surface area contributed by atoms with Gasteiger partial charge in [0.25, 0.3) is 11.7 Å². The molecule has 0 saturated carbocycles. The summed E-state index contributed by atoms with van der Waals surface area (Å²) in [6, 6.07) is 4.47. The lowest BCUT2D eigenvalue weighted by molar-refractivity contribution is -0.114. The van der Waals surface area contributed by atoms with E-state index < -0.39 is 18.7 Å². The van der Waals surface area contributed by atoms with Crippen molar-refractivity contribution < 1.29 is 13.7 Å². The molecule has 0 aromatic heterocycles. The van der Waals surface area contributed by atoms with Crippen LogP contribution < -0.4 is 4.90 Å². The molecule has 1 aliphatic heterocycles. The van der Waals surface area contributed by atoms with Gasteiger partial charge in [-0.2, -0.15) is 0 Å². The van der Waals surface area contributed by atoms with Crippen LogP contribution in [0.3, 0.4) is 0 Å². The van der Waals surface area contributed by atoms with Crippen LogP contribution in [-0.2, 0) is 4.79 Å². The van der Waals surface area contributed by atoms with Gasteiger partial charge in [-0.15, -0.1) is 0 Å². The molecule has 2 rings (SSSR count). The van der Waals surface area contributed by atoms with Crippen molar-refractivity contribution in [1.29, 1.82) is 0 Å². The highest BCUT2D eigenvalue weighted by Crippen LogP contribution is 2.29. The highest BCUT2D eigenvalue weighted by atomic mass is 79.9. The monoisotopic (exact) mass is 242 g/mol. The molecule has 1 aliphatic rings. The van der Waals surface area contributed by atoms with Crippen LogP contribution in [-0.4, -0.2) is 18.7 Å². The van der Waals surface area contributed by atoms with E-state index in [1.54, 1.807) is 6.07 Å². The summed E-state index contributed by atoms with van der Waals surface area (Å²) >= 11 is 3.16. The molecule has 0 atom stereocenters. The van der Waals surface area contributed by atoms with E-state index >= 15 is 0 Å². The van der Waals surface area contributed by atoms with Gasteiger partial charge in [0.05, 0.1) is 11.3 Å². The van der Waals surface area contributed by atoms with Crippen molar-refractivity contribution >= 4 is 33.3 Å². The molecule has 1 aromatic rings. The Morgan fingerprint density at radius 2 is 2.23 bits per heavy atom. The number of fused-ring (bicyclic) bond motifs is 1. The Morgan fingerprint density at radius 3 is 2.92 bits per heavy atom. The number of Topliss-reactive ketones (excluding diaryl/α,β-unsaturated/α-hetero) is 1. The number of amides is 1. The maximum Gasteiger partial charge on any atom is 0.299 e. The predicted molar refractivity (Wildman–Crippen MR) is 51.9 cm³/mol. The van der Waals surface area contributed by atoms with E-state index in [1.165, 1.54) is 12.1 Å². The highest BCUT2D eigenvalue weighted by molar-refractivity contribution is 9.10. The molecule has 13 heavy (non-hydrogen) atoms. The Bertz CT molecular complexity index is 498. The maximum atomic E-state index is 11.5. The van der Waals surface area contributed by atoms with Crippen LogP contribution in [0.15, 0.2) is 22.7 Å². The highest BCUT2D eigenvalue weighted by Gasteiger charge is 2.32. The van der Waals surface area contributed by atoms with Gasteiger partial charge < -0.3 is 4.90 Å². The number of ketones is 1. The minimum Gasteiger partial charge on any atom is -0.308 e. The molecule has 0 radical (unpaired) electrons. The molecule has 0 unspecified atom stereocenters. The van der Waals surface area contributed by atoms with Gasteiger partial charge in [0.15, 0.2) is 0 Å². The van der Waals surface area contributed by atoms with Crippen molar-refractivity contribution in [3.8, 4) is 0 Å². The molecule has 0 saturated heterocycles. The molecule has 1 aromatic carbocycles. The van der Waals surface area contributed by atoms with Crippen molar-refractivity contribution in [3.05, 3.63) is 28.2 Å². The van der Waals surface area contributed by atoms with E-state index in [1.807, 2.05) is 0 Å². The van der Waals surface area contributed by atoms with Gasteiger partial charge in [-0.3, -0.25) is 9.59 Å². The van der Waals surface area contributed by atoms with Gasteiger partial charge in [0.2, 0.25) is 0 Å². The first-order chi connectivity index (χ1) is 7.32. The smallest absolute Gasteiger partial charge is 0.299 e. The quantitative estimate of drug-likeness (QED) is 0.649. The second kappa shape index (κ2) is 2.67. The van der Waals surface area contributed by atoms with Crippen LogP contribution in [0.5, 0.6) is 0 Å². The third kappa shape index (κ3) is 1.09. The molecule has 0 spiro atoms. The van der Waals surface area contributed by atoms with Crippen molar-refractivity contribution in [2.75, 3.05) is 11.9 Å². The molecule has 3 nitrogen and oxygen atoms in total. The number of benzene rings is 1. The zero-order chi connectivity index (χ0) is 12.1. The van der Waals surface area contributed by atoms with E-state index in [2.05, 4.69) is 15.9 Å². The summed E-state index contributed by atoms with van der Waals surface area (Å²) in [7, 11) is 0. The number of halogens is 1. The van der Waals surface area contributed by atoms with Crippen molar-refractivity contribution in [2.45, 2.75) is 0 Å². The summed E-state index contributed by atoms with van der Waals surface area (Å²) in [4.78, 5) is 23.6. The number of nitrogens with zero attached hydrogens (tertiary/aromatic N) is 1. The molecule has 4 heteroatoms. The third-order valence-electron chi connectivity index (χ3n) is 1.84. The molecule has 1 amide bonds. The summed E-state index contributed by atoms with van der Waals surface area (Å²) < 4.78 is 22.3. The summed E-state index contributed by atoms with van der Waals surface area (Å²) in [5.74, 6) is -1.79. The number of anilines is 1. The normalized spacial score (nSPS) is 19.5. The molecule has 0 fully saturated rings. The van der Waals surface area contributed by atoms with Gasteiger partial charge in [-0.05, 0) is 18.2 Å². The topological polar surface area (TPSA) is 37.4 Å². The van der Waals surface area contributed by atoms with Gasteiger partial charge in [0.1, 0.15) is 0 Å². The van der Waals surface area contributed by atoms with Crippen LogP contribution in [0.1, 0.15) is 14.5 Å². The minimum absolute atomic E-state index is 0.121. The van der Waals surface area contributed by atoms with E-state index in [9.17, 15) is 9.59 Å². The Balaban J connectivity index is 2.64. The van der Waals surface area contributed by atoms with Gasteiger partial charge >= 0.3 is 0 Å².